The Labute approximate surface area is 135 Å². The Kier molecular flexibility index (Phi) is 6.80. The summed E-state index contributed by atoms with van der Waals surface area (Å²) >= 11 is 3.55. The number of halogens is 1. The summed E-state index contributed by atoms with van der Waals surface area (Å²) < 4.78 is 17.7. The lowest BCUT2D eigenvalue weighted by Gasteiger charge is -2.23. The maximum atomic E-state index is 5.72. The van der Waals surface area contributed by atoms with Crippen LogP contribution in [0.15, 0.2) is 16.6 Å². The van der Waals surface area contributed by atoms with Crippen LogP contribution in [0, 0.1) is 0 Å². The molecule has 118 valence electrons. The second-order valence-corrected chi connectivity index (χ2v) is 6.02. The van der Waals surface area contributed by atoms with Crippen molar-refractivity contribution in [3.05, 3.63) is 22.2 Å². The third-order valence-electron chi connectivity index (χ3n) is 3.55. The van der Waals surface area contributed by atoms with E-state index in [1.165, 1.54) is 12.8 Å². The van der Waals surface area contributed by atoms with Crippen molar-refractivity contribution in [1.82, 2.24) is 5.32 Å². The minimum atomic E-state index is 0.354. The highest BCUT2D eigenvalue weighted by molar-refractivity contribution is 9.10. The molecule has 1 unspecified atom stereocenters. The van der Waals surface area contributed by atoms with Crippen molar-refractivity contribution < 1.29 is 14.2 Å². The molecule has 4 nitrogen and oxygen atoms in total. The van der Waals surface area contributed by atoms with Crippen LogP contribution >= 0.6 is 15.9 Å². The number of methoxy groups -OCH3 is 1. The van der Waals surface area contributed by atoms with E-state index in [1.807, 2.05) is 13.0 Å². The zero-order valence-corrected chi connectivity index (χ0v) is 14.4. The van der Waals surface area contributed by atoms with E-state index in [0.29, 0.717) is 12.7 Å². The number of nitrogens with one attached hydrogen (secondary N) is 1. The van der Waals surface area contributed by atoms with Crippen LogP contribution < -0.4 is 14.8 Å². The molecule has 0 aromatic heterocycles. The second kappa shape index (κ2) is 8.61. The number of ether oxygens (including phenoxy) is 3. The molecule has 0 aliphatic carbocycles. The molecule has 0 saturated carbocycles. The van der Waals surface area contributed by atoms with Crippen molar-refractivity contribution in [2.24, 2.45) is 0 Å². The molecule has 1 aliphatic heterocycles. The van der Waals surface area contributed by atoms with Crippen LogP contribution in [-0.4, -0.2) is 33.0 Å². The summed E-state index contributed by atoms with van der Waals surface area (Å²) in [5, 5.41) is 3.46. The van der Waals surface area contributed by atoms with Crippen molar-refractivity contribution in [2.75, 3.05) is 26.9 Å². The van der Waals surface area contributed by atoms with Crippen LogP contribution in [0.25, 0.3) is 0 Å². The summed E-state index contributed by atoms with van der Waals surface area (Å²) in [6.45, 7) is 5.17. The summed E-state index contributed by atoms with van der Waals surface area (Å²) in [7, 11) is 1.66. The van der Waals surface area contributed by atoms with Gasteiger partial charge in [-0.25, -0.2) is 0 Å². The van der Waals surface area contributed by atoms with E-state index in [2.05, 4.69) is 27.3 Å². The highest BCUT2D eigenvalue weighted by Crippen LogP contribution is 2.36. The van der Waals surface area contributed by atoms with Crippen LogP contribution in [0.5, 0.6) is 11.5 Å². The number of hydrogen-bond acceptors (Lipinski definition) is 4. The topological polar surface area (TPSA) is 39.7 Å². The molecule has 1 aromatic carbocycles. The summed E-state index contributed by atoms with van der Waals surface area (Å²) in [5.41, 5.74) is 1.16. The average molecular weight is 358 g/mol. The van der Waals surface area contributed by atoms with Crippen molar-refractivity contribution >= 4 is 15.9 Å². The van der Waals surface area contributed by atoms with E-state index in [4.69, 9.17) is 14.2 Å². The quantitative estimate of drug-likeness (QED) is 0.810. The van der Waals surface area contributed by atoms with Gasteiger partial charge < -0.3 is 19.5 Å². The average Bonchev–Trinajstić information content (AvgIpc) is 2.51. The minimum absolute atomic E-state index is 0.354. The van der Waals surface area contributed by atoms with Gasteiger partial charge in [0.2, 0.25) is 0 Å². The maximum absolute atomic E-state index is 5.72. The minimum Gasteiger partial charge on any atom is -0.493 e. The molecule has 0 amide bonds. The third kappa shape index (κ3) is 4.87. The fourth-order valence-electron chi connectivity index (χ4n) is 2.51. The molecule has 1 aliphatic rings. The van der Waals surface area contributed by atoms with E-state index in [9.17, 15) is 0 Å². The van der Waals surface area contributed by atoms with E-state index in [1.54, 1.807) is 7.11 Å². The first-order valence-electron chi connectivity index (χ1n) is 7.56. The number of rotatable bonds is 7. The van der Waals surface area contributed by atoms with Gasteiger partial charge in [0.25, 0.3) is 0 Å². The zero-order valence-electron chi connectivity index (χ0n) is 12.8. The first-order valence-corrected chi connectivity index (χ1v) is 8.35. The standard InChI is InChI=1S/C16H24BrNO3/c1-3-20-16-14(17)8-12(9-15(16)19-2)10-18-11-13-6-4-5-7-21-13/h8-9,13,18H,3-7,10-11H2,1-2H3. The summed E-state index contributed by atoms with van der Waals surface area (Å²) in [5.74, 6) is 1.52. The molecule has 0 bridgehead atoms. The van der Waals surface area contributed by atoms with Crippen LogP contribution in [-0.2, 0) is 11.3 Å². The molecule has 0 radical (unpaired) electrons. The van der Waals surface area contributed by atoms with Gasteiger partial charge in [-0.05, 0) is 59.8 Å². The molecule has 1 N–H and O–H groups in total. The van der Waals surface area contributed by atoms with Crippen LogP contribution in [0.1, 0.15) is 31.7 Å². The lowest BCUT2D eigenvalue weighted by Crippen LogP contribution is -2.31. The normalized spacial score (nSPS) is 18.5. The van der Waals surface area contributed by atoms with E-state index >= 15 is 0 Å². The summed E-state index contributed by atoms with van der Waals surface area (Å²) in [6, 6.07) is 4.09. The van der Waals surface area contributed by atoms with Crippen molar-refractivity contribution in [3.8, 4) is 11.5 Å². The van der Waals surface area contributed by atoms with Gasteiger partial charge in [0.1, 0.15) is 0 Å². The van der Waals surface area contributed by atoms with Gasteiger partial charge in [0, 0.05) is 19.7 Å². The fraction of sp³-hybridized carbons (Fsp3) is 0.625. The molecule has 1 saturated heterocycles. The fourth-order valence-corrected chi connectivity index (χ4v) is 3.11. The molecule has 1 fully saturated rings. The molecular weight excluding hydrogens is 334 g/mol. The molecule has 5 heteroatoms. The molecule has 1 atom stereocenters. The zero-order chi connectivity index (χ0) is 15.1. The van der Waals surface area contributed by atoms with Gasteiger partial charge in [0.05, 0.1) is 24.3 Å². The van der Waals surface area contributed by atoms with Gasteiger partial charge in [0.15, 0.2) is 11.5 Å². The van der Waals surface area contributed by atoms with Gasteiger partial charge in [-0.3, -0.25) is 0 Å². The van der Waals surface area contributed by atoms with E-state index in [-0.39, 0.29) is 0 Å². The van der Waals surface area contributed by atoms with Gasteiger partial charge in [-0.15, -0.1) is 0 Å². The summed E-state index contributed by atoms with van der Waals surface area (Å²) in [6.07, 6.45) is 3.98. The molecule has 21 heavy (non-hydrogen) atoms. The first-order chi connectivity index (χ1) is 10.2. The molecule has 0 spiro atoms. The Hall–Kier alpha value is -0.780. The summed E-state index contributed by atoms with van der Waals surface area (Å²) in [4.78, 5) is 0. The highest BCUT2D eigenvalue weighted by Gasteiger charge is 2.14. The lowest BCUT2D eigenvalue weighted by atomic mass is 10.1. The van der Waals surface area contributed by atoms with Gasteiger partial charge in [-0.1, -0.05) is 0 Å². The monoisotopic (exact) mass is 357 g/mol. The second-order valence-electron chi connectivity index (χ2n) is 5.16. The van der Waals surface area contributed by atoms with Gasteiger partial charge >= 0.3 is 0 Å². The predicted octanol–water partition coefficient (Wildman–Crippen LogP) is 3.52. The van der Waals surface area contributed by atoms with Crippen LogP contribution in [0.4, 0.5) is 0 Å². The predicted molar refractivity (Wildman–Crippen MR) is 87.2 cm³/mol. The van der Waals surface area contributed by atoms with Crippen molar-refractivity contribution in [1.29, 1.82) is 0 Å². The molecule has 1 aromatic rings. The number of benzene rings is 1. The van der Waals surface area contributed by atoms with Crippen LogP contribution in [0.2, 0.25) is 0 Å². The molecular formula is C16H24BrNO3. The largest absolute Gasteiger partial charge is 0.493 e. The Morgan fingerprint density at radius 3 is 2.90 bits per heavy atom. The van der Waals surface area contributed by atoms with E-state index in [0.717, 1.165) is 47.7 Å². The molecule has 2 rings (SSSR count). The maximum Gasteiger partial charge on any atom is 0.175 e. The van der Waals surface area contributed by atoms with E-state index < -0.39 is 0 Å². The Morgan fingerprint density at radius 1 is 1.38 bits per heavy atom. The van der Waals surface area contributed by atoms with Crippen LogP contribution in [0.3, 0.4) is 0 Å². The van der Waals surface area contributed by atoms with Gasteiger partial charge in [-0.2, -0.15) is 0 Å². The SMILES string of the molecule is CCOc1c(Br)cc(CNCC2CCCCO2)cc1OC. The Balaban J connectivity index is 1.92. The lowest BCUT2D eigenvalue weighted by molar-refractivity contribution is 0.0168. The smallest absolute Gasteiger partial charge is 0.175 e. The Bertz CT molecular complexity index is 447. The third-order valence-corrected chi connectivity index (χ3v) is 4.14. The Morgan fingerprint density at radius 2 is 2.24 bits per heavy atom. The molecule has 1 heterocycles. The highest BCUT2D eigenvalue weighted by atomic mass is 79.9. The number of hydrogen-bond donors (Lipinski definition) is 1. The van der Waals surface area contributed by atoms with Crippen molar-refractivity contribution in [3.63, 3.8) is 0 Å². The first kappa shape index (κ1) is 16.6. The van der Waals surface area contributed by atoms with Crippen molar-refractivity contribution in [2.45, 2.75) is 38.8 Å².